The predicted octanol–water partition coefficient (Wildman–Crippen LogP) is 2.62. The molecular weight excluding hydrogens is 174 g/mol. The molecular formula is C12H23NO. The van der Waals surface area contributed by atoms with Gasteiger partial charge in [-0.2, -0.15) is 0 Å². The summed E-state index contributed by atoms with van der Waals surface area (Å²) >= 11 is 0. The maximum Gasteiger partial charge on any atom is 0.146 e. The van der Waals surface area contributed by atoms with Gasteiger partial charge in [0.25, 0.3) is 0 Å². The first-order valence-electron chi connectivity index (χ1n) is 5.83. The number of ketones is 1. The van der Waals surface area contributed by atoms with Crippen molar-refractivity contribution < 1.29 is 4.79 Å². The maximum atomic E-state index is 11.4. The predicted molar refractivity (Wildman–Crippen MR) is 59.4 cm³/mol. The van der Waals surface area contributed by atoms with Gasteiger partial charge in [0.2, 0.25) is 0 Å². The number of likely N-dealkylation sites (tertiary alicyclic amines) is 1. The molecule has 1 aliphatic rings. The van der Waals surface area contributed by atoms with Gasteiger partial charge in [-0.3, -0.25) is 9.69 Å². The molecule has 1 fully saturated rings. The van der Waals surface area contributed by atoms with E-state index < -0.39 is 0 Å². The highest BCUT2D eigenvalue weighted by atomic mass is 16.1. The van der Waals surface area contributed by atoms with Crippen LogP contribution in [0.5, 0.6) is 0 Å². The summed E-state index contributed by atoms with van der Waals surface area (Å²) in [5.41, 5.74) is 0.238. The second kappa shape index (κ2) is 4.92. The number of nitrogens with zero attached hydrogens (tertiary/aromatic N) is 1. The normalized spacial score (nSPS) is 22.6. The minimum Gasteiger partial charge on any atom is -0.298 e. The molecule has 0 radical (unpaired) electrons. The van der Waals surface area contributed by atoms with Gasteiger partial charge in [-0.05, 0) is 33.2 Å². The van der Waals surface area contributed by atoms with E-state index in [0.29, 0.717) is 12.3 Å². The minimum absolute atomic E-state index is 0.238. The SMILES string of the molecule is CCCCCN1CC(=O)CCC1(C)C. The second-order valence-electron chi connectivity index (χ2n) is 4.98. The number of carbonyl (C=O) groups is 1. The summed E-state index contributed by atoms with van der Waals surface area (Å²) in [4.78, 5) is 13.7. The summed E-state index contributed by atoms with van der Waals surface area (Å²) in [7, 11) is 0. The van der Waals surface area contributed by atoms with Crippen molar-refractivity contribution in [1.82, 2.24) is 4.90 Å². The highest BCUT2D eigenvalue weighted by Crippen LogP contribution is 2.25. The van der Waals surface area contributed by atoms with E-state index in [1.807, 2.05) is 0 Å². The molecule has 1 rings (SSSR count). The van der Waals surface area contributed by atoms with E-state index in [9.17, 15) is 4.79 Å². The summed E-state index contributed by atoms with van der Waals surface area (Å²) in [6.07, 6.45) is 5.56. The molecule has 0 bridgehead atoms. The maximum absolute atomic E-state index is 11.4. The average molecular weight is 197 g/mol. The van der Waals surface area contributed by atoms with Gasteiger partial charge in [-0.25, -0.2) is 0 Å². The second-order valence-corrected chi connectivity index (χ2v) is 4.98. The lowest BCUT2D eigenvalue weighted by molar-refractivity contribution is -0.125. The van der Waals surface area contributed by atoms with E-state index in [-0.39, 0.29) is 5.54 Å². The summed E-state index contributed by atoms with van der Waals surface area (Å²) in [5.74, 6) is 0.417. The van der Waals surface area contributed by atoms with Crippen LogP contribution in [0.2, 0.25) is 0 Å². The number of piperidine rings is 1. The molecule has 0 saturated carbocycles. The van der Waals surface area contributed by atoms with Crippen molar-refractivity contribution in [2.24, 2.45) is 0 Å². The number of hydrogen-bond donors (Lipinski definition) is 0. The lowest BCUT2D eigenvalue weighted by Crippen LogP contribution is -2.50. The van der Waals surface area contributed by atoms with E-state index in [4.69, 9.17) is 0 Å². The summed E-state index contributed by atoms with van der Waals surface area (Å²) < 4.78 is 0. The van der Waals surface area contributed by atoms with E-state index in [0.717, 1.165) is 19.4 Å². The van der Waals surface area contributed by atoms with Gasteiger partial charge in [0.15, 0.2) is 0 Å². The van der Waals surface area contributed by atoms with E-state index >= 15 is 0 Å². The van der Waals surface area contributed by atoms with E-state index in [1.54, 1.807) is 0 Å². The van der Waals surface area contributed by atoms with Crippen LogP contribution in [0, 0.1) is 0 Å². The van der Waals surface area contributed by atoms with Gasteiger partial charge >= 0.3 is 0 Å². The van der Waals surface area contributed by atoms with Gasteiger partial charge < -0.3 is 0 Å². The van der Waals surface area contributed by atoms with Crippen LogP contribution < -0.4 is 0 Å². The Morgan fingerprint density at radius 3 is 2.71 bits per heavy atom. The molecule has 2 nitrogen and oxygen atoms in total. The van der Waals surface area contributed by atoms with Crippen LogP contribution >= 0.6 is 0 Å². The zero-order chi connectivity index (χ0) is 10.6. The molecule has 0 aromatic heterocycles. The Hall–Kier alpha value is -0.370. The molecule has 0 amide bonds. The van der Waals surface area contributed by atoms with Gasteiger partial charge in [0.05, 0.1) is 6.54 Å². The lowest BCUT2D eigenvalue weighted by Gasteiger charge is -2.41. The molecule has 1 heterocycles. The Kier molecular flexibility index (Phi) is 4.11. The van der Waals surface area contributed by atoms with Crippen LogP contribution in [0.3, 0.4) is 0 Å². The monoisotopic (exact) mass is 197 g/mol. The number of rotatable bonds is 4. The zero-order valence-electron chi connectivity index (χ0n) is 9.81. The summed E-state index contributed by atoms with van der Waals surface area (Å²) in [6, 6.07) is 0. The Bertz CT molecular complexity index is 198. The molecule has 2 heteroatoms. The van der Waals surface area contributed by atoms with Crippen molar-refractivity contribution in [2.75, 3.05) is 13.1 Å². The molecule has 0 aliphatic carbocycles. The minimum atomic E-state index is 0.238. The van der Waals surface area contributed by atoms with Crippen LogP contribution in [0.15, 0.2) is 0 Å². The third kappa shape index (κ3) is 3.09. The first kappa shape index (κ1) is 11.7. The average Bonchev–Trinajstić information content (AvgIpc) is 2.12. The van der Waals surface area contributed by atoms with Crippen LogP contribution in [0.25, 0.3) is 0 Å². The van der Waals surface area contributed by atoms with E-state index in [2.05, 4.69) is 25.7 Å². The topological polar surface area (TPSA) is 20.3 Å². The van der Waals surface area contributed by atoms with Crippen molar-refractivity contribution in [3.05, 3.63) is 0 Å². The van der Waals surface area contributed by atoms with E-state index in [1.165, 1.54) is 19.3 Å². The highest BCUT2D eigenvalue weighted by Gasteiger charge is 2.32. The van der Waals surface area contributed by atoms with Crippen molar-refractivity contribution in [2.45, 2.75) is 58.4 Å². The Balaban J connectivity index is 2.41. The molecule has 1 aliphatic heterocycles. The quantitative estimate of drug-likeness (QED) is 0.646. The molecule has 0 atom stereocenters. The third-order valence-electron chi connectivity index (χ3n) is 3.27. The molecule has 14 heavy (non-hydrogen) atoms. The van der Waals surface area contributed by atoms with Crippen LogP contribution in [0.4, 0.5) is 0 Å². The fourth-order valence-electron chi connectivity index (χ4n) is 2.04. The van der Waals surface area contributed by atoms with Crippen molar-refractivity contribution in [3.63, 3.8) is 0 Å². The van der Waals surface area contributed by atoms with Crippen molar-refractivity contribution >= 4 is 5.78 Å². The number of hydrogen-bond acceptors (Lipinski definition) is 2. The van der Waals surface area contributed by atoms with Gasteiger partial charge in [0, 0.05) is 12.0 Å². The van der Waals surface area contributed by atoms with Gasteiger partial charge in [-0.15, -0.1) is 0 Å². The van der Waals surface area contributed by atoms with Crippen LogP contribution in [-0.2, 0) is 4.79 Å². The Labute approximate surface area is 87.7 Å². The molecule has 0 N–H and O–H groups in total. The molecule has 0 aromatic rings. The molecule has 1 saturated heterocycles. The van der Waals surface area contributed by atoms with Crippen molar-refractivity contribution in [1.29, 1.82) is 0 Å². The molecule has 82 valence electrons. The molecule has 0 spiro atoms. The third-order valence-corrected chi connectivity index (χ3v) is 3.27. The highest BCUT2D eigenvalue weighted by molar-refractivity contribution is 5.81. The van der Waals surface area contributed by atoms with Gasteiger partial charge in [-0.1, -0.05) is 19.8 Å². The number of unbranched alkanes of at least 4 members (excludes halogenated alkanes) is 2. The fourth-order valence-corrected chi connectivity index (χ4v) is 2.04. The number of carbonyl (C=O) groups excluding carboxylic acids is 1. The van der Waals surface area contributed by atoms with Gasteiger partial charge in [0.1, 0.15) is 5.78 Å². The lowest BCUT2D eigenvalue weighted by atomic mass is 9.89. The zero-order valence-corrected chi connectivity index (χ0v) is 9.81. The number of Topliss-reactive ketones (excluding diaryl/α,β-unsaturated/α-hetero) is 1. The molecule has 0 unspecified atom stereocenters. The van der Waals surface area contributed by atoms with Crippen molar-refractivity contribution in [3.8, 4) is 0 Å². The Morgan fingerprint density at radius 1 is 1.36 bits per heavy atom. The smallest absolute Gasteiger partial charge is 0.146 e. The largest absolute Gasteiger partial charge is 0.298 e. The summed E-state index contributed by atoms with van der Waals surface area (Å²) in [6.45, 7) is 8.49. The van der Waals surface area contributed by atoms with Crippen LogP contribution in [-0.4, -0.2) is 29.3 Å². The Morgan fingerprint density at radius 2 is 2.07 bits per heavy atom. The fraction of sp³-hybridized carbons (Fsp3) is 0.917. The first-order chi connectivity index (χ1) is 6.56. The first-order valence-corrected chi connectivity index (χ1v) is 5.83. The summed E-state index contributed by atoms with van der Waals surface area (Å²) in [5, 5.41) is 0. The van der Waals surface area contributed by atoms with Crippen LogP contribution in [0.1, 0.15) is 52.9 Å². The standard InChI is InChI=1S/C12H23NO/c1-4-5-6-9-13-10-11(14)7-8-12(13,2)3/h4-10H2,1-3H3. The molecule has 0 aromatic carbocycles.